The Morgan fingerprint density at radius 3 is 2.75 bits per heavy atom. The van der Waals surface area contributed by atoms with Gasteiger partial charge in [-0.15, -0.1) is 23.2 Å². The molecule has 12 heavy (non-hydrogen) atoms. The van der Waals surface area contributed by atoms with Crippen LogP contribution in [0.2, 0.25) is 0 Å². The van der Waals surface area contributed by atoms with Crippen molar-refractivity contribution in [2.75, 3.05) is 0 Å². The molecule has 0 N–H and O–H groups in total. The average molecular weight is 211 g/mol. The van der Waals surface area contributed by atoms with Crippen LogP contribution in [0.15, 0.2) is 0 Å². The Bertz CT molecular complexity index is 172. The van der Waals surface area contributed by atoms with E-state index in [0.29, 0.717) is 6.42 Å². The fourth-order valence-electron chi connectivity index (χ4n) is 1.19. The second-order valence-corrected chi connectivity index (χ2v) is 4.27. The summed E-state index contributed by atoms with van der Waals surface area (Å²) < 4.78 is 5.02. The topological polar surface area (TPSA) is 26.3 Å². The number of hydrogen-bond acceptors (Lipinski definition) is 2. The summed E-state index contributed by atoms with van der Waals surface area (Å²) in [5.74, 6) is -0.338. The smallest absolute Gasteiger partial charge is 0.324 e. The largest absolute Gasteiger partial charge is 0.462 e. The van der Waals surface area contributed by atoms with Gasteiger partial charge >= 0.3 is 5.97 Å². The van der Waals surface area contributed by atoms with E-state index >= 15 is 0 Å². The molecular weight excluding hydrogens is 199 g/mol. The maximum Gasteiger partial charge on any atom is 0.324 e. The normalized spacial score (nSPS) is 38.2. The molecule has 1 aliphatic rings. The Kier molecular flexibility index (Phi) is 3.66. The maximum absolute atomic E-state index is 11.1. The van der Waals surface area contributed by atoms with E-state index in [4.69, 9.17) is 27.9 Å². The molecule has 70 valence electrons. The van der Waals surface area contributed by atoms with Gasteiger partial charge in [0.05, 0.1) is 6.10 Å². The van der Waals surface area contributed by atoms with E-state index in [9.17, 15) is 4.79 Å². The second-order valence-electron chi connectivity index (χ2n) is 3.13. The Morgan fingerprint density at radius 2 is 2.08 bits per heavy atom. The quantitative estimate of drug-likeness (QED) is 0.454. The van der Waals surface area contributed by atoms with E-state index in [0.717, 1.165) is 12.8 Å². The lowest BCUT2D eigenvalue weighted by Gasteiger charge is -2.21. The van der Waals surface area contributed by atoms with Gasteiger partial charge in [-0.05, 0) is 26.2 Å². The fraction of sp³-hybridized carbons (Fsp3) is 0.875. The minimum atomic E-state index is -0.574. The van der Waals surface area contributed by atoms with Gasteiger partial charge in [0, 0.05) is 5.38 Å². The Labute approximate surface area is 82.2 Å². The summed E-state index contributed by atoms with van der Waals surface area (Å²) in [7, 11) is 0. The van der Waals surface area contributed by atoms with Crippen LogP contribution in [0.25, 0.3) is 0 Å². The number of carbonyl (C=O) groups excluding carboxylic acids is 1. The highest BCUT2D eigenvalue weighted by atomic mass is 35.5. The number of ether oxygens (including phenoxy) is 1. The monoisotopic (exact) mass is 210 g/mol. The summed E-state index contributed by atoms with van der Waals surface area (Å²) in [6.45, 7) is 1.86. The molecule has 0 aromatic carbocycles. The van der Waals surface area contributed by atoms with E-state index in [1.165, 1.54) is 0 Å². The zero-order valence-corrected chi connectivity index (χ0v) is 8.44. The molecule has 0 unspecified atom stereocenters. The van der Waals surface area contributed by atoms with Gasteiger partial charge in [-0.1, -0.05) is 0 Å². The number of cyclic esters (lactones) is 1. The Morgan fingerprint density at radius 1 is 1.42 bits per heavy atom. The number of esters is 1. The van der Waals surface area contributed by atoms with Gasteiger partial charge in [0.15, 0.2) is 0 Å². The van der Waals surface area contributed by atoms with Crippen molar-refractivity contribution in [3.63, 3.8) is 0 Å². The molecule has 0 aromatic rings. The van der Waals surface area contributed by atoms with Gasteiger partial charge < -0.3 is 4.74 Å². The van der Waals surface area contributed by atoms with E-state index in [1.54, 1.807) is 0 Å². The predicted octanol–water partition coefficient (Wildman–Crippen LogP) is 2.32. The van der Waals surface area contributed by atoms with Crippen molar-refractivity contribution in [1.29, 1.82) is 0 Å². The highest BCUT2D eigenvalue weighted by Crippen LogP contribution is 2.22. The molecule has 0 spiro atoms. The average Bonchev–Trinajstić information content (AvgIpc) is 1.99. The molecule has 0 radical (unpaired) electrons. The highest BCUT2D eigenvalue weighted by Gasteiger charge is 2.25. The summed E-state index contributed by atoms with van der Waals surface area (Å²) in [6.07, 6.45) is 2.14. The summed E-state index contributed by atoms with van der Waals surface area (Å²) in [6, 6.07) is 0. The van der Waals surface area contributed by atoms with Crippen molar-refractivity contribution < 1.29 is 9.53 Å². The van der Waals surface area contributed by atoms with Gasteiger partial charge in [0.1, 0.15) is 5.38 Å². The van der Waals surface area contributed by atoms with Gasteiger partial charge in [-0.25, -0.2) is 0 Å². The molecule has 4 heteroatoms. The molecular formula is C8H12Cl2O2. The van der Waals surface area contributed by atoms with Crippen LogP contribution < -0.4 is 0 Å². The first-order chi connectivity index (χ1) is 5.59. The molecule has 2 nitrogen and oxygen atoms in total. The van der Waals surface area contributed by atoms with E-state index in [-0.39, 0.29) is 17.5 Å². The molecule has 0 saturated carbocycles. The Balaban J connectivity index is 2.54. The SMILES string of the molecule is C[C@@H]1CC[C@@H](Cl)C[C@@H](Cl)C(=O)O1. The summed E-state index contributed by atoms with van der Waals surface area (Å²) in [4.78, 5) is 11.1. The number of hydrogen-bond donors (Lipinski definition) is 0. The van der Waals surface area contributed by atoms with Crippen LogP contribution in [-0.4, -0.2) is 22.8 Å². The fourth-order valence-corrected chi connectivity index (χ4v) is 1.85. The summed E-state index contributed by atoms with van der Waals surface area (Å²) >= 11 is 11.7. The summed E-state index contributed by atoms with van der Waals surface area (Å²) in [5.41, 5.74) is 0. The lowest BCUT2D eigenvalue weighted by atomic mass is 10.1. The van der Waals surface area contributed by atoms with Crippen molar-refractivity contribution in [3.8, 4) is 0 Å². The number of alkyl halides is 2. The van der Waals surface area contributed by atoms with Crippen LogP contribution in [0, 0.1) is 0 Å². The van der Waals surface area contributed by atoms with Gasteiger partial charge in [0.2, 0.25) is 0 Å². The van der Waals surface area contributed by atoms with Crippen LogP contribution in [0.4, 0.5) is 0 Å². The molecule has 3 atom stereocenters. The molecule has 1 saturated heterocycles. The third kappa shape index (κ3) is 2.83. The first-order valence-corrected chi connectivity index (χ1v) is 4.95. The molecule has 0 aromatic heterocycles. The van der Waals surface area contributed by atoms with Gasteiger partial charge in [0.25, 0.3) is 0 Å². The molecule has 0 aliphatic carbocycles. The minimum absolute atomic E-state index is 0.00259. The Hall–Kier alpha value is 0.0500. The number of halogens is 2. The third-order valence-electron chi connectivity index (χ3n) is 1.92. The van der Waals surface area contributed by atoms with Crippen molar-refractivity contribution >= 4 is 29.2 Å². The first kappa shape index (κ1) is 10.1. The molecule has 1 heterocycles. The molecule has 0 amide bonds. The van der Waals surface area contributed by atoms with Crippen LogP contribution in [0.3, 0.4) is 0 Å². The van der Waals surface area contributed by atoms with Gasteiger partial charge in [-0.3, -0.25) is 4.79 Å². The minimum Gasteiger partial charge on any atom is -0.462 e. The van der Waals surface area contributed by atoms with Crippen molar-refractivity contribution in [1.82, 2.24) is 0 Å². The predicted molar refractivity (Wildman–Crippen MR) is 48.7 cm³/mol. The number of carbonyl (C=O) groups is 1. The van der Waals surface area contributed by atoms with Crippen LogP contribution in [0.1, 0.15) is 26.2 Å². The zero-order valence-electron chi connectivity index (χ0n) is 6.93. The first-order valence-electron chi connectivity index (χ1n) is 4.08. The molecule has 0 bridgehead atoms. The zero-order chi connectivity index (χ0) is 9.14. The van der Waals surface area contributed by atoms with Crippen molar-refractivity contribution in [2.45, 2.75) is 43.0 Å². The number of rotatable bonds is 0. The molecule has 1 fully saturated rings. The van der Waals surface area contributed by atoms with Crippen molar-refractivity contribution in [2.24, 2.45) is 0 Å². The lowest BCUT2D eigenvalue weighted by molar-refractivity contribution is -0.148. The molecule has 1 rings (SSSR count). The van der Waals surface area contributed by atoms with Gasteiger partial charge in [-0.2, -0.15) is 0 Å². The standard InChI is InChI=1S/C8H12Cl2O2/c1-5-2-3-6(9)4-7(10)8(11)12-5/h5-7H,2-4H2,1H3/t5-,6-,7-/m1/s1. The second kappa shape index (κ2) is 4.33. The molecule has 1 aliphatic heterocycles. The maximum atomic E-state index is 11.1. The van der Waals surface area contributed by atoms with E-state index in [2.05, 4.69) is 0 Å². The third-order valence-corrected chi connectivity index (χ3v) is 2.67. The van der Waals surface area contributed by atoms with Crippen LogP contribution in [0.5, 0.6) is 0 Å². The van der Waals surface area contributed by atoms with E-state index < -0.39 is 5.38 Å². The van der Waals surface area contributed by atoms with Crippen molar-refractivity contribution in [3.05, 3.63) is 0 Å². The van der Waals surface area contributed by atoms with Crippen LogP contribution in [-0.2, 0) is 9.53 Å². The van der Waals surface area contributed by atoms with E-state index in [1.807, 2.05) is 6.92 Å². The van der Waals surface area contributed by atoms with Crippen LogP contribution >= 0.6 is 23.2 Å². The highest BCUT2D eigenvalue weighted by molar-refractivity contribution is 6.30. The summed E-state index contributed by atoms with van der Waals surface area (Å²) in [5, 5.41) is -0.571. The lowest BCUT2D eigenvalue weighted by Crippen LogP contribution is -2.28.